The summed E-state index contributed by atoms with van der Waals surface area (Å²) in [6, 6.07) is 0.777. The van der Waals surface area contributed by atoms with E-state index < -0.39 is 0 Å². The SMILES string of the molecule is O=C(NC1CCCC1)N1CCCC(C(=O)N2CC[C@@H]3CNC[C@@H]32)C1. The number of nitrogens with one attached hydrogen (secondary N) is 2. The van der Waals surface area contributed by atoms with E-state index in [1.807, 2.05) is 4.90 Å². The van der Waals surface area contributed by atoms with Gasteiger partial charge in [0.1, 0.15) is 0 Å². The molecule has 0 spiro atoms. The molecule has 0 aromatic heterocycles. The number of carbonyl (C=O) groups is 2. The molecule has 1 unspecified atom stereocenters. The van der Waals surface area contributed by atoms with Crippen molar-refractivity contribution >= 4 is 11.9 Å². The highest BCUT2D eigenvalue weighted by Gasteiger charge is 2.42. The molecule has 4 fully saturated rings. The zero-order valence-corrected chi connectivity index (χ0v) is 14.5. The number of amides is 3. The van der Waals surface area contributed by atoms with Gasteiger partial charge in [-0.2, -0.15) is 0 Å². The number of carbonyl (C=O) groups excluding carboxylic acids is 2. The van der Waals surface area contributed by atoms with Gasteiger partial charge in [0, 0.05) is 44.8 Å². The Bertz CT molecular complexity index is 491. The van der Waals surface area contributed by atoms with E-state index in [1.54, 1.807) is 0 Å². The number of piperidine rings is 1. The lowest BCUT2D eigenvalue weighted by Gasteiger charge is -2.36. The van der Waals surface area contributed by atoms with Crippen LogP contribution < -0.4 is 10.6 Å². The second kappa shape index (κ2) is 6.90. The smallest absolute Gasteiger partial charge is 0.317 e. The maximum Gasteiger partial charge on any atom is 0.317 e. The van der Waals surface area contributed by atoms with Crippen molar-refractivity contribution in [3.05, 3.63) is 0 Å². The van der Waals surface area contributed by atoms with Crippen molar-refractivity contribution in [3.63, 3.8) is 0 Å². The summed E-state index contributed by atoms with van der Waals surface area (Å²) >= 11 is 0. The van der Waals surface area contributed by atoms with Crippen molar-refractivity contribution in [1.29, 1.82) is 0 Å². The Balaban J connectivity index is 1.34. The van der Waals surface area contributed by atoms with E-state index in [1.165, 1.54) is 12.8 Å². The predicted molar refractivity (Wildman–Crippen MR) is 91.6 cm³/mol. The molecule has 6 heteroatoms. The van der Waals surface area contributed by atoms with Gasteiger partial charge in [-0.3, -0.25) is 4.79 Å². The molecule has 4 aliphatic rings. The van der Waals surface area contributed by atoms with Crippen LogP contribution in [-0.2, 0) is 4.79 Å². The zero-order valence-electron chi connectivity index (χ0n) is 14.5. The second-order valence-corrected chi connectivity index (χ2v) is 8.02. The molecule has 0 aromatic carbocycles. The third-order valence-corrected chi connectivity index (χ3v) is 6.47. The van der Waals surface area contributed by atoms with Crippen LogP contribution >= 0.6 is 0 Å². The number of nitrogens with zero attached hydrogens (tertiary/aromatic N) is 2. The molecule has 3 saturated heterocycles. The standard InChI is InChI=1S/C18H30N4O2/c23-17(22-9-7-13-10-19-11-16(13)22)14-4-3-8-21(12-14)18(24)20-15-5-1-2-6-15/h13-16,19H,1-12H2,(H,20,24)/t13-,14?,16+/m1/s1. The quantitative estimate of drug-likeness (QED) is 0.797. The highest BCUT2D eigenvalue weighted by molar-refractivity contribution is 5.81. The van der Waals surface area contributed by atoms with Crippen LogP contribution in [0.15, 0.2) is 0 Å². The highest BCUT2D eigenvalue weighted by atomic mass is 16.2. The molecule has 6 nitrogen and oxygen atoms in total. The number of likely N-dealkylation sites (tertiary alicyclic amines) is 2. The monoisotopic (exact) mass is 334 g/mol. The molecule has 3 aliphatic heterocycles. The Morgan fingerprint density at radius 3 is 2.62 bits per heavy atom. The lowest BCUT2D eigenvalue weighted by atomic mass is 9.96. The Labute approximate surface area is 144 Å². The van der Waals surface area contributed by atoms with Crippen LogP contribution in [0.25, 0.3) is 0 Å². The van der Waals surface area contributed by atoms with E-state index in [0.29, 0.717) is 24.5 Å². The van der Waals surface area contributed by atoms with E-state index in [9.17, 15) is 9.59 Å². The van der Waals surface area contributed by atoms with E-state index in [2.05, 4.69) is 15.5 Å². The summed E-state index contributed by atoms with van der Waals surface area (Å²) in [5.41, 5.74) is 0. The van der Waals surface area contributed by atoms with Gasteiger partial charge in [0.2, 0.25) is 5.91 Å². The predicted octanol–water partition coefficient (Wildman–Crippen LogP) is 1.17. The summed E-state index contributed by atoms with van der Waals surface area (Å²) in [6.45, 7) is 4.28. The van der Waals surface area contributed by atoms with Gasteiger partial charge in [0.15, 0.2) is 0 Å². The second-order valence-electron chi connectivity index (χ2n) is 8.02. The fourth-order valence-corrected chi connectivity index (χ4v) is 5.06. The third kappa shape index (κ3) is 3.13. The van der Waals surface area contributed by atoms with Crippen LogP contribution in [0, 0.1) is 11.8 Å². The normalized spacial score (nSPS) is 33.8. The minimum Gasteiger partial charge on any atom is -0.338 e. The summed E-state index contributed by atoms with van der Waals surface area (Å²) < 4.78 is 0. The number of hydrogen-bond acceptors (Lipinski definition) is 3. The third-order valence-electron chi connectivity index (χ3n) is 6.47. The minimum absolute atomic E-state index is 0.00701. The molecule has 0 aromatic rings. The number of hydrogen-bond donors (Lipinski definition) is 2. The van der Waals surface area contributed by atoms with Crippen LogP contribution in [0.4, 0.5) is 4.79 Å². The summed E-state index contributed by atoms with van der Waals surface area (Å²) in [7, 11) is 0. The van der Waals surface area contributed by atoms with Gasteiger partial charge >= 0.3 is 6.03 Å². The van der Waals surface area contributed by atoms with Gasteiger partial charge in [0.25, 0.3) is 0 Å². The molecule has 1 saturated carbocycles. The fraction of sp³-hybridized carbons (Fsp3) is 0.889. The molecule has 0 radical (unpaired) electrons. The Morgan fingerprint density at radius 2 is 1.79 bits per heavy atom. The Hall–Kier alpha value is -1.30. The van der Waals surface area contributed by atoms with Crippen molar-refractivity contribution < 1.29 is 9.59 Å². The Kier molecular flexibility index (Phi) is 4.66. The first-order valence-electron chi connectivity index (χ1n) is 9.79. The fourth-order valence-electron chi connectivity index (χ4n) is 5.06. The number of urea groups is 1. The molecule has 3 atom stereocenters. The zero-order chi connectivity index (χ0) is 16.5. The van der Waals surface area contributed by atoms with Crippen molar-refractivity contribution in [2.24, 2.45) is 11.8 Å². The summed E-state index contributed by atoms with van der Waals surface area (Å²) in [6.07, 6.45) is 7.64. The van der Waals surface area contributed by atoms with Crippen molar-refractivity contribution in [2.45, 2.75) is 57.0 Å². The molecular weight excluding hydrogens is 304 g/mol. The largest absolute Gasteiger partial charge is 0.338 e. The molecular formula is C18H30N4O2. The van der Waals surface area contributed by atoms with E-state index in [-0.39, 0.29) is 17.9 Å². The molecule has 2 N–H and O–H groups in total. The average Bonchev–Trinajstić information content (AvgIpc) is 3.32. The van der Waals surface area contributed by atoms with Crippen LogP contribution in [-0.4, -0.2) is 66.5 Å². The Morgan fingerprint density at radius 1 is 0.958 bits per heavy atom. The molecule has 0 bridgehead atoms. The average molecular weight is 334 g/mol. The number of fused-ring (bicyclic) bond motifs is 1. The summed E-state index contributed by atoms with van der Waals surface area (Å²) in [5, 5.41) is 6.58. The number of rotatable bonds is 2. The minimum atomic E-state index is -0.00701. The first-order chi connectivity index (χ1) is 11.7. The molecule has 3 heterocycles. The van der Waals surface area contributed by atoms with Gasteiger partial charge in [-0.25, -0.2) is 4.79 Å². The van der Waals surface area contributed by atoms with Gasteiger partial charge in [-0.15, -0.1) is 0 Å². The van der Waals surface area contributed by atoms with Crippen LogP contribution in [0.5, 0.6) is 0 Å². The van der Waals surface area contributed by atoms with Crippen molar-refractivity contribution in [2.75, 3.05) is 32.7 Å². The lowest BCUT2D eigenvalue weighted by Crippen LogP contribution is -2.52. The van der Waals surface area contributed by atoms with Crippen LogP contribution in [0.1, 0.15) is 44.9 Å². The summed E-state index contributed by atoms with van der Waals surface area (Å²) in [5.74, 6) is 0.913. The molecule has 134 valence electrons. The van der Waals surface area contributed by atoms with Gasteiger partial charge in [0.05, 0.1) is 5.92 Å². The first-order valence-corrected chi connectivity index (χ1v) is 9.79. The molecule has 1 aliphatic carbocycles. The van der Waals surface area contributed by atoms with E-state index in [4.69, 9.17) is 0 Å². The summed E-state index contributed by atoms with van der Waals surface area (Å²) in [4.78, 5) is 29.5. The lowest BCUT2D eigenvalue weighted by molar-refractivity contribution is -0.137. The molecule has 24 heavy (non-hydrogen) atoms. The van der Waals surface area contributed by atoms with Gasteiger partial charge in [-0.05, 0) is 38.0 Å². The van der Waals surface area contributed by atoms with Crippen molar-refractivity contribution in [3.8, 4) is 0 Å². The first kappa shape index (κ1) is 16.2. The maximum atomic E-state index is 13.0. The molecule has 4 rings (SSSR count). The van der Waals surface area contributed by atoms with Crippen LogP contribution in [0.3, 0.4) is 0 Å². The van der Waals surface area contributed by atoms with Crippen molar-refractivity contribution in [1.82, 2.24) is 20.4 Å². The van der Waals surface area contributed by atoms with E-state index >= 15 is 0 Å². The highest BCUT2D eigenvalue weighted by Crippen LogP contribution is 2.30. The van der Waals surface area contributed by atoms with E-state index in [0.717, 1.165) is 58.3 Å². The maximum absolute atomic E-state index is 13.0. The van der Waals surface area contributed by atoms with Crippen LogP contribution in [0.2, 0.25) is 0 Å². The van der Waals surface area contributed by atoms with Gasteiger partial charge < -0.3 is 20.4 Å². The van der Waals surface area contributed by atoms with Gasteiger partial charge in [-0.1, -0.05) is 12.8 Å². The topological polar surface area (TPSA) is 64.7 Å². The molecule has 3 amide bonds.